The first-order valence-corrected chi connectivity index (χ1v) is 11.2. The first-order chi connectivity index (χ1) is 12.9. The molecule has 0 radical (unpaired) electrons. The number of ether oxygens (including phenoxy) is 1. The summed E-state index contributed by atoms with van der Waals surface area (Å²) in [4.78, 5) is 25.2. The molecule has 1 aromatic carbocycles. The standard InChI is InChI=1S/C18H20N2O5S2/c21-17(9-13-6-8-27(23,24)12-13)19-20-18(22)14-3-1-4-15(10-14)25-11-16-5-2-7-26-16/h1-5,7,10,13H,6,8-9,11-12H2,(H,19,21)(H,20,22). The van der Waals surface area contributed by atoms with Gasteiger partial charge in [-0.1, -0.05) is 12.1 Å². The van der Waals surface area contributed by atoms with Crippen molar-refractivity contribution in [3.8, 4) is 5.75 Å². The quantitative estimate of drug-likeness (QED) is 0.711. The van der Waals surface area contributed by atoms with Gasteiger partial charge in [-0.25, -0.2) is 8.42 Å². The average Bonchev–Trinajstić information content (AvgIpc) is 3.27. The highest BCUT2D eigenvalue weighted by atomic mass is 32.2. The van der Waals surface area contributed by atoms with Crippen molar-refractivity contribution in [2.24, 2.45) is 5.92 Å². The molecule has 2 N–H and O–H groups in total. The summed E-state index contributed by atoms with van der Waals surface area (Å²) in [5.41, 5.74) is 5.03. The van der Waals surface area contributed by atoms with E-state index in [9.17, 15) is 18.0 Å². The molecule has 1 aliphatic rings. The molecule has 7 nitrogen and oxygen atoms in total. The summed E-state index contributed by atoms with van der Waals surface area (Å²) in [6, 6.07) is 10.6. The minimum Gasteiger partial charge on any atom is -0.488 e. The molecule has 0 aliphatic carbocycles. The third-order valence-corrected chi connectivity index (χ3v) is 6.86. The van der Waals surface area contributed by atoms with Crippen LogP contribution in [0.5, 0.6) is 5.75 Å². The van der Waals surface area contributed by atoms with Crippen LogP contribution in [0, 0.1) is 5.92 Å². The number of amides is 2. The van der Waals surface area contributed by atoms with Crippen LogP contribution in [0.4, 0.5) is 0 Å². The van der Waals surface area contributed by atoms with Crippen molar-refractivity contribution in [2.45, 2.75) is 19.4 Å². The lowest BCUT2D eigenvalue weighted by atomic mass is 10.1. The molecule has 3 rings (SSSR count). The summed E-state index contributed by atoms with van der Waals surface area (Å²) in [6.45, 7) is 0.420. The highest BCUT2D eigenvalue weighted by molar-refractivity contribution is 7.91. The fourth-order valence-electron chi connectivity index (χ4n) is 2.82. The van der Waals surface area contributed by atoms with Crippen LogP contribution >= 0.6 is 11.3 Å². The van der Waals surface area contributed by atoms with Crippen LogP contribution in [0.2, 0.25) is 0 Å². The second-order valence-corrected chi connectivity index (χ2v) is 9.63. The Morgan fingerprint density at radius 1 is 1.19 bits per heavy atom. The average molecular weight is 409 g/mol. The van der Waals surface area contributed by atoms with Gasteiger partial charge in [0.05, 0.1) is 11.5 Å². The zero-order valence-corrected chi connectivity index (χ0v) is 16.1. The van der Waals surface area contributed by atoms with E-state index in [4.69, 9.17) is 4.74 Å². The maximum absolute atomic E-state index is 12.2. The van der Waals surface area contributed by atoms with Crippen LogP contribution < -0.4 is 15.6 Å². The van der Waals surface area contributed by atoms with E-state index in [2.05, 4.69) is 10.9 Å². The number of sulfone groups is 1. The smallest absolute Gasteiger partial charge is 0.269 e. The summed E-state index contributed by atoms with van der Waals surface area (Å²) < 4.78 is 28.5. The molecule has 1 fully saturated rings. The lowest BCUT2D eigenvalue weighted by molar-refractivity contribution is -0.122. The van der Waals surface area contributed by atoms with E-state index in [1.165, 1.54) is 0 Å². The zero-order valence-electron chi connectivity index (χ0n) is 14.5. The Hall–Kier alpha value is -2.39. The van der Waals surface area contributed by atoms with E-state index < -0.39 is 21.7 Å². The van der Waals surface area contributed by atoms with Gasteiger partial charge < -0.3 is 4.74 Å². The SMILES string of the molecule is O=C(CC1CCS(=O)(=O)C1)NNC(=O)c1cccc(OCc2cccs2)c1. The van der Waals surface area contributed by atoms with E-state index >= 15 is 0 Å². The van der Waals surface area contributed by atoms with Crippen molar-refractivity contribution < 1.29 is 22.7 Å². The Labute approximate surface area is 161 Å². The molecule has 9 heteroatoms. The third kappa shape index (κ3) is 5.80. The second kappa shape index (κ2) is 8.53. The topological polar surface area (TPSA) is 102 Å². The number of hydrazine groups is 1. The van der Waals surface area contributed by atoms with Crippen LogP contribution in [-0.2, 0) is 21.2 Å². The van der Waals surface area contributed by atoms with E-state index in [1.807, 2.05) is 17.5 Å². The normalized spacial score (nSPS) is 18.0. The predicted molar refractivity (Wildman–Crippen MR) is 102 cm³/mol. The summed E-state index contributed by atoms with van der Waals surface area (Å²) in [5, 5.41) is 1.96. The molecule has 144 valence electrons. The molecule has 1 atom stereocenters. The summed E-state index contributed by atoms with van der Waals surface area (Å²) in [7, 11) is -3.02. The van der Waals surface area contributed by atoms with Gasteiger partial charge in [0.15, 0.2) is 9.84 Å². The van der Waals surface area contributed by atoms with Gasteiger partial charge in [-0.2, -0.15) is 0 Å². The predicted octanol–water partition coefficient (Wildman–Crippen LogP) is 1.91. The van der Waals surface area contributed by atoms with Gasteiger partial charge >= 0.3 is 0 Å². The van der Waals surface area contributed by atoms with Crippen LogP contribution in [0.25, 0.3) is 0 Å². The number of hydrogen-bond acceptors (Lipinski definition) is 6. The molecular formula is C18H20N2O5S2. The number of carbonyl (C=O) groups is 2. The highest BCUT2D eigenvalue weighted by Crippen LogP contribution is 2.21. The first-order valence-electron chi connectivity index (χ1n) is 8.46. The molecule has 1 saturated heterocycles. The molecule has 27 heavy (non-hydrogen) atoms. The summed E-state index contributed by atoms with van der Waals surface area (Å²) in [5.74, 6) is -0.368. The van der Waals surface area contributed by atoms with Crippen molar-refractivity contribution in [3.05, 3.63) is 52.2 Å². The van der Waals surface area contributed by atoms with Gasteiger partial charge in [-0.3, -0.25) is 20.4 Å². The molecule has 1 aliphatic heterocycles. The van der Waals surface area contributed by atoms with Gasteiger partial charge in [0, 0.05) is 16.9 Å². The Balaban J connectivity index is 1.47. The third-order valence-electron chi connectivity index (χ3n) is 4.17. The van der Waals surface area contributed by atoms with Gasteiger partial charge in [-0.15, -0.1) is 11.3 Å². The van der Waals surface area contributed by atoms with E-state index in [0.717, 1.165) is 4.88 Å². The highest BCUT2D eigenvalue weighted by Gasteiger charge is 2.29. The zero-order chi connectivity index (χ0) is 19.3. The Morgan fingerprint density at radius 3 is 2.74 bits per heavy atom. The van der Waals surface area contributed by atoms with Crippen molar-refractivity contribution in [2.75, 3.05) is 11.5 Å². The fourth-order valence-corrected chi connectivity index (χ4v) is 5.30. The molecule has 1 aromatic heterocycles. The maximum atomic E-state index is 12.2. The van der Waals surface area contributed by atoms with Crippen LogP contribution in [0.15, 0.2) is 41.8 Å². The molecule has 2 heterocycles. The molecule has 0 bridgehead atoms. The summed E-state index contributed by atoms with van der Waals surface area (Å²) in [6.07, 6.45) is 0.552. The van der Waals surface area contributed by atoms with E-state index in [0.29, 0.717) is 24.3 Å². The maximum Gasteiger partial charge on any atom is 0.269 e. The number of thiophene rings is 1. The van der Waals surface area contributed by atoms with Gasteiger partial charge in [0.25, 0.3) is 5.91 Å². The molecule has 2 aromatic rings. The fraction of sp³-hybridized carbons (Fsp3) is 0.333. The largest absolute Gasteiger partial charge is 0.488 e. The number of carbonyl (C=O) groups excluding carboxylic acids is 2. The van der Waals surface area contributed by atoms with Crippen LogP contribution in [-0.4, -0.2) is 31.7 Å². The lowest BCUT2D eigenvalue weighted by Gasteiger charge is -2.11. The van der Waals surface area contributed by atoms with Gasteiger partial charge in [-0.05, 0) is 42.0 Å². The van der Waals surface area contributed by atoms with Gasteiger partial charge in [0.1, 0.15) is 12.4 Å². The van der Waals surface area contributed by atoms with Gasteiger partial charge in [0.2, 0.25) is 5.91 Å². The number of hydrogen-bond donors (Lipinski definition) is 2. The van der Waals surface area contributed by atoms with E-state index in [-0.39, 0.29) is 23.8 Å². The monoisotopic (exact) mass is 408 g/mol. The molecule has 1 unspecified atom stereocenters. The van der Waals surface area contributed by atoms with Crippen LogP contribution in [0.1, 0.15) is 28.1 Å². The minimum atomic E-state index is -3.02. The number of rotatable bonds is 6. The Kier molecular flexibility index (Phi) is 6.12. The number of nitrogens with one attached hydrogen (secondary N) is 2. The first kappa shape index (κ1) is 19.4. The van der Waals surface area contributed by atoms with Crippen molar-refractivity contribution >= 4 is 33.0 Å². The molecule has 0 saturated carbocycles. The Morgan fingerprint density at radius 2 is 2.04 bits per heavy atom. The lowest BCUT2D eigenvalue weighted by Crippen LogP contribution is -2.42. The van der Waals surface area contributed by atoms with Crippen molar-refractivity contribution in [3.63, 3.8) is 0 Å². The molecule has 0 spiro atoms. The van der Waals surface area contributed by atoms with Crippen LogP contribution in [0.3, 0.4) is 0 Å². The number of benzene rings is 1. The summed E-state index contributed by atoms with van der Waals surface area (Å²) >= 11 is 1.59. The van der Waals surface area contributed by atoms with E-state index in [1.54, 1.807) is 35.6 Å². The van der Waals surface area contributed by atoms with Crippen molar-refractivity contribution in [1.29, 1.82) is 0 Å². The molecular weight excluding hydrogens is 388 g/mol. The minimum absolute atomic E-state index is 0.0258. The van der Waals surface area contributed by atoms with Crippen molar-refractivity contribution in [1.82, 2.24) is 10.9 Å². The Bertz CT molecular complexity index is 910. The molecule has 2 amide bonds. The second-order valence-electron chi connectivity index (χ2n) is 6.37.